The van der Waals surface area contributed by atoms with Crippen LogP contribution >= 0.6 is 0 Å². The van der Waals surface area contributed by atoms with Crippen LogP contribution in [0.2, 0.25) is 0 Å². The SMILES string of the molecule is COc1ccc(C[C@H]2C(=O)O[C@H](C)[C@H](NC(=O)[C@@H](CC(C)C)N(C)C(=O)[C@@H]3CCCN3C(=O)[C@H](C)O)C(=O)N[C@H](C(C)C)[C@@H](O)CC(=O)O[C@@H](C(C)C)C(=O)[C@H](C)C(=O)N[C@@H](CC(C)C)C(=O)N3CCC[C@H]3C(=O)N2C)cc1. The van der Waals surface area contributed by atoms with Gasteiger partial charge in [0.1, 0.15) is 54.2 Å². The Morgan fingerprint density at radius 3 is 2.03 bits per heavy atom. The number of amides is 7. The lowest BCUT2D eigenvalue weighted by Crippen LogP contribution is -2.62. The average Bonchev–Trinajstić information content (AvgIpc) is 4.08. The lowest BCUT2D eigenvalue weighted by atomic mass is 9.92. The van der Waals surface area contributed by atoms with Crippen LogP contribution in [-0.2, 0) is 63.8 Å². The molecule has 0 spiro atoms. The zero-order valence-electron chi connectivity index (χ0n) is 48.1. The maximum atomic E-state index is 14.9. The number of likely N-dealkylation sites (tertiary alicyclic amines) is 1. The molecule has 3 heterocycles. The largest absolute Gasteiger partial charge is 0.497 e. The second-order valence-electron chi connectivity index (χ2n) is 22.8. The molecule has 7 amide bonds. The van der Waals surface area contributed by atoms with Crippen molar-refractivity contribution >= 4 is 59.1 Å². The van der Waals surface area contributed by atoms with E-state index in [4.69, 9.17) is 14.2 Å². The number of nitrogens with zero attached hydrogens (tertiary/aromatic N) is 4. The van der Waals surface area contributed by atoms with Crippen molar-refractivity contribution in [3.05, 3.63) is 29.8 Å². The number of carbonyl (C=O) groups is 10. The highest BCUT2D eigenvalue weighted by Crippen LogP contribution is 2.27. The predicted molar refractivity (Wildman–Crippen MR) is 286 cm³/mol. The van der Waals surface area contributed by atoms with Crippen LogP contribution in [0.3, 0.4) is 0 Å². The molecule has 1 aromatic rings. The zero-order valence-corrected chi connectivity index (χ0v) is 48.1. The number of hydrogen-bond donors (Lipinski definition) is 5. The molecule has 0 saturated carbocycles. The summed E-state index contributed by atoms with van der Waals surface area (Å²) in [6.45, 7) is 18.2. The molecule has 0 aromatic heterocycles. The maximum Gasteiger partial charge on any atom is 0.329 e. The standard InChI is InChI=1S/C56H87N7O15/c1-29(2)25-38-53(72)63-24-16-18-40(63)55(74)61(13)42(27-36-19-21-37(76-14)22-20-36)56(75)77-35(11)46(59-50(69)41(26-30(3)4)60(12)54(73)39-17-15-23-62(39)52(71)34(10)64)51(70)58-45(31(5)6)43(65)28-44(66)78-48(32(7)8)47(67)33(9)49(68)57-38/h19-22,29-35,38-43,45-46,48,64-65H,15-18,23-28H2,1-14H3,(H,57,68)(H,58,70)(H,59,69)/t33-,34-,35+,38-,39-,40-,41+,42-,43-,45+,46-,48-/m0/s1. The average molecular weight is 1100 g/mol. The van der Waals surface area contributed by atoms with Gasteiger partial charge in [-0.15, -0.1) is 0 Å². The minimum Gasteiger partial charge on any atom is -0.497 e. The number of rotatable bonds is 14. The molecule has 3 saturated heterocycles. The van der Waals surface area contributed by atoms with Crippen LogP contribution in [0.4, 0.5) is 0 Å². The molecule has 22 heteroatoms. The van der Waals surface area contributed by atoms with Crippen molar-refractivity contribution in [1.29, 1.82) is 0 Å². The first-order valence-corrected chi connectivity index (χ1v) is 27.5. The molecule has 0 radical (unpaired) electrons. The minimum absolute atomic E-state index is 0.0711. The van der Waals surface area contributed by atoms with Crippen LogP contribution < -0.4 is 20.7 Å². The van der Waals surface area contributed by atoms with Crippen LogP contribution in [0.5, 0.6) is 5.75 Å². The molecule has 0 aliphatic carbocycles. The number of Topliss-reactive ketones (excluding diaryl/α,β-unsaturated/α-hetero) is 1. The molecule has 436 valence electrons. The second kappa shape index (κ2) is 28.6. The van der Waals surface area contributed by atoms with Crippen molar-refractivity contribution in [1.82, 2.24) is 35.6 Å². The maximum absolute atomic E-state index is 14.9. The number of methoxy groups -OCH3 is 1. The van der Waals surface area contributed by atoms with E-state index < -0.39 is 150 Å². The van der Waals surface area contributed by atoms with Gasteiger partial charge in [0, 0.05) is 33.6 Å². The molecule has 0 unspecified atom stereocenters. The first kappa shape index (κ1) is 64.4. The van der Waals surface area contributed by atoms with E-state index in [2.05, 4.69) is 16.0 Å². The van der Waals surface area contributed by atoms with Crippen molar-refractivity contribution in [3.63, 3.8) is 0 Å². The number of esters is 2. The number of cyclic esters (lactones) is 2. The normalized spacial score (nSPS) is 27.5. The predicted octanol–water partition coefficient (Wildman–Crippen LogP) is 1.93. The fourth-order valence-corrected chi connectivity index (χ4v) is 10.4. The fraction of sp³-hybridized carbons (Fsp3) is 0.714. The third kappa shape index (κ3) is 16.5. The van der Waals surface area contributed by atoms with E-state index in [1.54, 1.807) is 52.0 Å². The van der Waals surface area contributed by atoms with Gasteiger partial charge in [-0.2, -0.15) is 0 Å². The van der Waals surface area contributed by atoms with E-state index >= 15 is 0 Å². The summed E-state index contributed by atoms with van der Waals surface area (Å²) in [6, 6.07) is -2.21. The van der Waals surface area contributed by atoms with Gasteiger partial charge in [-0.25, -0.2) is 4.79 Å². The number of benzene rings is 1. The number of hydrogen-bond acceptors (Lipinski definition) is 15. The third-order valence-corrected chi connectivity index (χ3v) is 14.9. The Bertz CT molecular complexity index is 2310. The number of likely N-dealkylation sites (N-methyl/N-ethyl adjacent to an activating group) is 2. The Balaban J connectivity index is 1.87. The summed E-state index contributed by atoms with van der Waals surface area (Å²) in [7, 11) is 4.28. The second-order valence-corrected chi connectivity index (χ2v) is 22.8. The quantitative estimate of drug-likeness (QED) is 0.131. The highest BCUT2D eigenvalue weighted by molar-refractivity contribution is 6.05. The summed E-state index contributed by atoms with van der Waals surface area (Å²) in [5.41, 5.74) is 0.569. The summed E-state index contributed by atoms with van der Waals surface area (Å²) in [5, 5.41) is 30.0. The van der Waals surface area contributed by atoms with E-state index in [-0.39, 0.29) is 57.0 Å². The van der Waals surface area contributed by atoms with Gasteiger partial charge in [-0.05, 0) is 101 Å². The van der Waals surface area contributed by atoms with E-state index in [0.29, 0.717) is 24.2 Å². The molecular weight excluding hydrogens is 1010 g/mol. The molecule has 22 nitrogen and oxygen atoms in total. The van der Waals surface area contributed by atoms with Crippen molar-refractivity contribution in [2.45, 2.75) is 194 Å². The molecule has 4 rings (SSSR count). The smallest absolute Gasteiger partial charge is 0.329 e. The summed E-state index contributed by atoms with van der Waals surface area (Å²) < 4.78 is 17.2. The monoisotopic (exact) mass is 1100 g/mol. The van der Waals surface area contributed by atoms with Gasteiger partial charge >= 0.3 is 11.9 Å². The highest BCUT2D eigenvalue weighted by atomic mass is 16.6. The number of carbonyl (C=O) groups excluding carboxylic acids is 10. The molecule has 3 aliphatic rings. The summed E-state index contributed by atoms with van der Waals surface area (Å²) in [4.78, 5) is 148. The molecule has 12 atom stereocenters. The van der Waals surface area contributed by atoms with E-state index in [1.807, 2.05) is 27.7 Å². The van der Waals surface area contributed by atoms with Crippen molar-refractivity contribution in [2.24, 2.45) is 29.6 Å². The molecule has 1 aromatic carbocycles. The Labute approximate surface area is 459 Å². The van der Waals surface area contributed by atoms with Crippen LogP contribution in [0.15, 0.2) is 24.3 Å². The van der Waals surface area contributed by atoms with Crippen LogP contribution in [-0.4, -0.2) is 190 Å². The number of ether oxygens (including phenoxy) is 3. The lowest BCUT2D eigenvalue weighted by molar-refractivity contribution is -0.163. The fourth-order valence-electron chi connectivity index (χ4n) is 10.4. The van der Waals surface area contributed by atoms with E-state index in [1.165, 1.54) is 61.6 Å². The molecule has 3 aliphatic heterocycles. The Morgan fingerprint density at radius 2 is 1.46 bits per heavy atom. The minimum atomic E-state index is -1.76. The third-order valence-electron chi connectivity index (χ3n) is 14.9. The number of fused-ring (bicyclic) bond motifs is 1. The van der Waals surface area contributed by atoms with E-state index in [9.17, 15) is 58.2 Å². The van der Waals surface area contributed by atoms with Gasteiger partial charge in [0.05, 0.1) is 31.6 Å². The summed E-state index contributed by atoms with van der Waals surface area (Å²) in [6.07, 6.45) is -5.36. The Kier molecular flexibility index (Phi) is 23.6. The number of aliphatic hydroxyl groups excluding tert-OH is 2. The van der Waals surface area contributed by atoms with Gasteiger partial charge in [-0.1, -0.05) is 67.5 Å². The van der Waals surface area contributed by atoms with Crippen LogP contribution in [0.25, 0.3) is 0 Å². The van der Waals surface area contributed by atoms with Gasteiger partial charge in [0.25, 0.3) is 5.91 Å². The van der Waals surface area contributed by atoms with Crippen molar-refractivity contribution in [2.75, 3.05) is 34.3 Å². The van der Waals surface area contributed by atoms with Gasteiger partial charge in [0.15, 0.2) is 11.9 Å². The van der Waals surface area contributed by atoms with Crippen molar-refractivity contribution < 1.29 is 72.4 Å². The number of aliphatic hydroxyl groups is 2. The first-order valence-electron chi connectivity index (χ1n) is 27.5. The molecule has 78 heavy (non-hydrogen) atoms. The van der Waals surface area contributed by atoms with Gasteiger partial charge < -0.3 is 60.0 Å². The van der Waals surface area contributed by atoms with Gasteiger partial charge in [0.2, 0.25) is 35.4 Å². The molecular formula is C56H87N7O15. The lowest BCUT2D eigenvalue weighted by Gasteiger charge is -2.36. The molecule has 0 bridgehead atoms. The molecule has 3 fully saturated rings. The van der Waals surface area contributed by atoms with Crippen LogP contribution in [0, 0.1) is 29.6 Å². The number of ketones is 1. The summed E-state index contributed by atoms with van der Waals surface area (Å²) in [5.74, 6) is -10.3. The summed E-state index contributed by atoms with van der Waals surface area (Å²) >= 11 is 0. The molecule has 5 N–H and O–H groups in total. The Morgan fingerprint density at radius 1 is 0.833 bits per heavy atom. The Hall–Kier alpha value is -6.16. The number of nitrogens with one attached hydrogen (secondary N) is 3. The van der Waals surface area contributed by atoms with Crippen molar-refractivity contribution in [3.8, 4) is 5.75 Å². The highest BCUT2D eigenvalue weighted by Gasteiger charge is 2.46. The van der Waals surface area contributed by atoms with E-state index in [0.717, 1.165) is 0 Å². The zero-order chi connectivity index (χ0) is 58.6. The van der Waals surface area contributed by atoms with Gasteiger partial charge in [-0.3, -0.25) is 43.2 Å². The topological polar surface area (TPSA) is 288 Å². The first-order chi connectivity index (χ1) is 36.5. The van der Waals surface area contributed by atoms with Crippen LogP contribution in [0.1, 0.15) is 127 Å².